The second-order valence-corrected chi connectivity index (χ2v) is 7.55. The normalized spacial score (nSPS) is 13.0. The Labute approximate surface area is 108 Å². The van der Waals surface area contributed by atoms with E-state index in [-0.39, 0.29) is 16.0 Å². The number of hydrogen-bond acceptors (Lipinski definition) is 3. The van der Waals surface area contributed by atoms with Crippen molar-refractivity contribution in [3.8, 4) is 0 Å². The predicted molar refractivity (Wildman–Crippen MR) is 70.1 cm³/mol. The van der Waals surface area contributed by atoms with Crippen molar-refractivity contribution in [3.05, 3.63) is 24.0 Å². The molecule has 0 amide bonds. The number of nitrogens with zero attached hydrogens (tertiary/aromatic N) is 1. The van der Waals surface area contributed by atoms with Gasteiger partial charge in [-0.05, 0) is 23.6 Å². The number of hydrogen-bond donors (Lipinski definition) is 1. The van der Waals surface area contributed by atoms with Crippen LogP contribution in [0.3, 0.4) is 0 Å². The fourth-order valence-corrected chi connectivity index (χ4v) is 3.01. The summed E-state index contributed by atoms with van der Waals surface area (Å²) in [4.78, 5) is -0.0825. The lowest BCUT2D eigenvalue weighted by Gasteiger charge is -2.26. The van der Waals surface area contributed by atoms with Gasteiger partial charge in [-0.25, -0.2) is 17.1 Å². The minimum absolute atomic E-state index is 0.0626. The van der Waals surface area contributed by atoms with Gasteiger partial charge in [-0.2, -0.15) is 0 Å². The predicted octanol–water partition coefficient (Wildman–Crippen LogP) is 2.07. The summed E-state index contributed by atoms with van der Waals surface area (Å²) in [6.45, 7) is 6.15. The molecule has 0 bridgehead atoms. The molecule has 0 aliphatic rings. The Bertz CT molecular complexity index is 535. The SMILES string of the molecule is CN(CC(C)(C)C)S(=O)(=O)c1ccc(N)c(F)c1. The first-order chi connectivity index (χ1) is 8.04. The Balaban J connectivity index is 3.10. The van der Waals surface area contributed by atoms with Crippen LogP contribution in [0.25, 0.3) is 0 Å². The van der Waals surface area contributed by atoms with Crippen molar-refractivity contribution >= 4 is 15.7 Å². The van der Waals surface area contributed by atoms with Crippen LogP contribution in [0.2, 0.25) is 0 Å². The van der Waals surface area contributed by atoms with Gasteiger partial charge in [0.05, 0.1) is 10.6 Å². The molecule has 0 spiro atoms. The van der Waals surface area contributed by atoms with Crippen LogP contribution >= 0.6 is 0 Å². The molecule has 0 atom stereocenters. The Kier molecular flexibility index (Phi) is 4.02. The monoisotopic (exact) mass is 274 g/mol. The van der Waals surface area contributed by atoms with Gasteiger partial charge in [-0.3, -0.25) is 0 Å². The lowest BCUT2D eigenvalue weighted by molar-refractivity contribution is 0.310. The Hall–Kier alpha value is -1.14. The van der Waals surface area contributed by atoms with Gasteiger partial charge in [-0.15, -0.1) is 0 Å². The smallest absolute Gasteiger partial charge is 0.242 e. The number of sulfonamides is 1. The van der Waals surface area contributed by atoms with Crippen molar-refractivity contribution in [2.45, 2.75) is 25.7 Å². The number of benzene rings is 1. The Morgan fingerprint density at radius 1 is 1.33 bits per heavy atom. The molecule has 0 saturated carbocycles. The van der Waals surface area contributed by atoms with Crippen molar-refractivity contribution in [3.63, 3.8) is 0 Å². The van der Waals surface area contributed by atoms with E-state index >= 15 is 0 Å². The van der Waals surface area contributed by atoms with E-state index in [0.717, 1.165) is 6.07 Å². The summed E-state index contributed by atoms with van der Waals surface area (Å²) in [5.74, 6) is -0.722. The van der Waals surface area contributed by atoms with Crippen LogP contribution < -0.4 is 5.73 Å². The van der Waals surface area contributed by atoms with E-state index < -0.39 is 15.8 Å². The molecule has 0 unspecified atom stereocenters. The standard InChI is InChI=1S/C12H19FN2O2S/c1-12(2,3)8-15(4)18(16,17)9-5-6-11(14)10(13)7-9/h5-7H,8,14H2,1-4H3. The molecule has 0 aromatic heterocycles. The zero-order chi connectivity index (χ0) is 14.1. The number of nitrogens with two attached hydrogens (primary N) is 1. The van der Waals surface area contributed by atoms with Crippen LogP contribution in [0, 0.1) is 11.2 Å². The molecule has 0 aliphatic carbocycles. The zero-order valence-electron chi connectivity index (χ0n) is 11.1. The summed E-state index contributed by atoms with van der Waals surface area (Å²) in [6, 6.07) is 3.52. The summed E-state index contributed by atoms with van der Waals surface area (Å²) in [6.07, 6.45) is 0. The van der Waals surface area contributed by atoms with E-state index in [2.05, 4.69) is 0 Å². The first-order valence-electron chi connectivity index (χ1n) is 5.55. The van der Waals surface area contributed by atoms with Crippen molar-refractivity contribution in [2.24, 2.45) is 5.41 Å². The first kappa shape index (κ1) is 14.9. The molecule has 6 heteroatoms. The largest absolute Gasteiger partial charge is 0.396 e. The fraction of sp³-hybridized carbons (Fsp3) is 0.500. The summed E-state index contributed by atoms with van der Waals surface area (Å²) >= 11 is 0. The third kappa shape index (κ3) is 3.43. The maximum atomic E-state index is 13.3. The van der Waals surface area contributed by atoms with Crippen LogP contribution in [-0.4, -0.2) is 26.3 Å². The van der Waals surface area contributed by atoms with Crippen molar-refractivity contribution in [1.82, 2.24) is 4.31 Å². The van der Waals surface area contributed by atoms with Crippen molar-refractivity contribution < 1.29 is 12.8 Å². The average molecular weight is 274 g/mol. The molecule has 0 aliphatic heterocycles. The average Bonchev–Trinajstić information content (AvgIpc) is 2.19. The fourth-order valence-electron chi connectivity index (χ4n) is 1.60. The van der Waals surface area contributed by atoms with Crippen LogP contribution in [0.15, 0.2) is 23.1 Å². The number of nitrogen functional groups attached to an aromatic ring is 1. The number of halogens is 1. The molecule has 1 aromatic carbocycles. The highest BCUT2D eigenvalue weighted by atomic mass is 32.2. The summed E-state index contributed by atoms with van der Waals surface area (Å²) in [5.41, 5.74) is 5.09. The van der Waals surface area contributed by atoms with Crippen LogP contribution in [0.5, 0.6) is 0 Å². The second-order valence-electron chi connectivity index (χ2n) is 5.51. The molecule has 1 aromatic rings. The van der Waals surface area contributed by atoms with E-state index in [1.54, 1.807) is 0 Å². The maximum absolute atomic E-state index is 13.3. The van der Waals surface area contributed by atoms with Crippen molar-refractivity contribution in [1.29, 1.82) is 0 Å². The molecular weight excluding hydrogens is 255 g/mol. The van der Waals surface area contributed by atoms with Gasteiger partial charge < -0.3 is 5.73 Å². The molecule has 0 radical (unpaired) electrons. The summed E-state index contributed by atoms with van der Waals surface area (Å²) in [7, 11) is -2.19. The van der Waals surface area contributed by atoms with Crippen LogP contribution in [0.1, 0.15) is 20.8 Å². The zero-order valence-corrected chi connectivity index (χ0v) is 11.9. The van der Waals surface area contributed by atoms with Gasteiger partial charge in [0.1, 0.15) is 5.82 Å². The number of rotatable bonds is 3. The van der Waals surface area contributed by atoms with Crippen LogP contribution in [0.4, 0.5) is 10.1 Å². The van der Waals surface area contributed by atoms with Gasteiger partial charge in [-0.1, -0.05) is 20.8 Å². The van der Waals surface area contributed by atoms with Crippen molar-refractivity contribution in [2.75, 3.05) is 19.3 Å². The molecule has 0 fully saturated rings. The van der Waals surface area contributed by atoms with Gasteiger partial charge in [0.2, 0.25) is 10.0 Å². The highest BCUT2D eigenvalue weighted by molar-refractivity contribution is 7.89. The quantitative estimate of drug-likeness (QED) is 0.858. The molecule has 0 heterocycles. The second kappa shape index (κ2) is 4.85. The molecule has 0 saturated heterocycles. The molecule has 102 valence electrons. The first-order valence-corrected chi connectivity index (χ1v) is 6.99. The third-order valence-electron chi connectivity index (χ3n) is 2.38. The molecule has 2 N–H and O–H groups in total. The minimum atomic E-state index is -3.67. The van der Waals surface area contributed by atoms with Crippen LogP contribution in [-0.2, 0) is 10.0 Å². The van der Waals surface area contributed by atoms with Gasteiger partial charge >= 0.3 is 0 Å². The van der Waals surface area contributed by atoms with E-state index in [0.29, 0.717) is 6.54 Å². The molecular formula is C12H19FN2O2S. The van der Waals surface area contributed by atoms with E-state index in [9.17, 15) is 12.8 Å². The van der Waals surface area contributed by atoms with E-state index in [1.807, 2.05) is 20.8 Å². The van der Waals surface area contributed by atoms with Gasteiger partial charge in [0, 0.05) is 13.6 Å². The van der Waals surface area contributed by atoms with Gasteiger partial charge in [0.25, 0.3) is 0 Å². The van der Waals surface area contributed by atoms with E-state index in [4.69, 9.17) is 5.73 Å². The highest BCUT2D eigenvalue weighted by Gasteiger charge is 2.25. The summed E-state index contributed by atoms with van der Waals surface area (Å²) < 4.78 is 38.9. The maximum Gasteiger partial charge on any atom is 0.242 e. The Morgan fingerprint density at radius 3 is 2.33 bits per heavy atom. The molecule has 18 heavy (non-hydrogen) atoms. The lowest BCUT2D eigenvalue weighted by Crippen LogP contribution is -2.34. The topological polar surface area (TPSA) is 63.4 Å². The minimum Gasteiger partial charge on any atom is -0.396 e. The summed E-state index contributed by atoms with van der Waals surface area (Å²) in [5, 5.41) is 0. The third-order valence-corrected chi connectivity index (χ3v) is 4.18. The van der Waals surface area contributed by atoms with E-state index in [1.165, 1.54) is 23.5 Å². The highest BCUT2D eigenvalue weighted by Crippen LogP contribution is 2.22. The lowest BCUT2D eigenvalue weighted by atomic mass is 9.97. The van der Waals surface area contributed by atoms with Gasteiger partial charge in [0.15, 0.2) is 0 Å². The molecule has 1 rings (SSSR count). The molecule has 4 nitrogen and oxygen atoms in total. The number of anilines is 1. The Morgan fingerprint density at radius 2 is 1.89 bits per heavy atom.